The van der Waals surface area contributed by atoms with Gasteiger partial charge in [0, 0.05) is 30.4 Å². The van der Waals surface area contributed by atoms with Crippen molar-refractivity contribution in [2.45, 2.75) is 6.54 Å². The molecule has 3 rings (SSSR count). The van der Waals surface area contributed by atoms with Gasteiger partial charge >= 0.3 is 0 Å². The topological polar surface area (TPSA) is 49.9 Å². The average Bonchev–Trinajstić information content (AvgIpc) is 2.89. The number of halogens is 1. The predicted molar refractivity (Wildman–Crippen MR) is 76.4 cm³/mol. The lowest BCUT2D eigenvalue weighted by molar-refractivity contribution is 0.413. The van der Waals surface area contributed by atoms with Gasteiger partial charge in [-0.3, -0.25) is 0 Å². The fraction of sp³-hybridized carbons (Fsp3) is 0.133. The first-order valence-electron chi connectivity index (χ1n) is 6.26. The van der Waals surface area contributed by atoms with Crippen molar-refractivity contribution in [3.05, 3.63) is 54.1 Å². The number of fused-ring (bicyclic) bond motifs is 1. The SMILES string of the molecule is COc1cc(F)ccc1NCc1c[nH]c2ncccc12. The van der Waals surface area contributed by atoms with Crippen LogP contribution in [0.15, 0.2) is 42.7 Å². The number of hydrogen-bond donors (Lipinski definition) is 2. The van der Waals surface area contributed by atoms with Crippen LogP contribution in [0.4, 0.5) is 10.1 Å². The van der Waals surface area contributed by atoms with Crippen LogP contribution in [0.3, 0.4) is 0 Å². The maximum Gasteiger partial charge on any atom is 0.144 e. The molecule has 0 unspecified atom stereocenters. The number of ether oxygens (including phenoxy) is 1. The Morgan fingerprint density at radius 3 is 3.10 bits per heavy atom. The minimum absolute atomic E-state index is 0.316. The molecule has 20 heavy (non-hydrogen) atoms. The second-order valence-corrected chi connectivity index (χ2v) is 4.41. The van der Waals surface area contributed by atoms with Crippen molar-refractivity contribution in [2.24, 2.45) is 0 Å². The number of anilines is 1. The molecule has 0 saturated heterocycles. The van der Waals surface area contributed by atoms with Crippen molar-refractivity contribution >= 4 is 16.7 Å². The molecule has 2 N–H and O–H groups in total. The molecular formula is C15H14FN3O. The number of hydrogen-bond acceptors (Lipinski definition) is 3. The zero-order valence-electron chi connectivity index (χ0n) is 11.0. The molecule has 5 heteroatoms. The van der Waals surface area contributed by atoms with Crippen LogP contribution in [-0.2, 0) is 6.54 Å². The fourth-order valence-corrected chi connectivity index (χ4v) is 2.16. The fourth-order valence-electron chi connectivity index (χ4n) is 2.16. The van der Waals surface area contributed by atoms with Crippen LogP contribution < -0.4 is 10.1 Å². The maximum absolute atomic E-state index is 13.1. The number of methoxy groups -OCH3 is 1. The quantitative estimate of drug-likeness (QED) is 0.765. The Bertz CT molecular complexity index is 739. The van der Waals surface area contributed by atoms with Crippen LogP contribution in [0.5, 0.6) is 5.75 Å². The third kappa shape index (κ3) is 2.30. The Kier molecular flexibility index (Phi) is 3.25. The van der Waals surface area contributed by atoms with Crippen LogP contribution in [0.25, 0.3) is 11.0 Å². The zero-order chi connectivity index (χ0) is 13.9. The number of pyridine rings is 1. The van der Waals surface area contributed by atoms with E-state index in [4.69, 9.17) is 4.74 Å². The van der Waals surface area contributed by atoms with Crippen LogP contribution in [0.1, 0.15) is 5.56 Å². The van der Waals surface area contributed by atoms with Crippen molar-refractivity contribution < 1.29 is 9.13 Å². The highest BCUT2D eigenvalue weighted by molar-refractivity contribution is 5.79. The largest absolute Gasteiger partial charge is 0.494 e. The molecule has 0 atom stereocenters. The van der Waals surface area contributed by atoms with Crippen molar-refractivity contribution in [1.82, 2.24) is 9.97 Å². The molecule has 3 aromatic rings. The van der Waals surface area contributed by atoms with Crippen molar-refractivity contribution in [3.8, 4) is 5.75 Å². The van der Waals surface area contributed by atoms with E-state index in [-0.39, 0.29) is 5.82 Å². The minimum Gasteiger partial charge on any atom is -0.494 e. The van der Waals surface area contributed by atoms with Gasteiger partial charge in [-0.15, -0.1) is 0 Å². The third-order valence-electron chi connectivity index (χ3n) is 3.17. The predicted octanol–water partition coefficient (Wildman–Crippen LogP) is 3.32. The Balaban J connectivity index is 1.83. The van der Waals surface area contributed by atoms with Crippen LogP contribution in [0, 0.1) is 5.82 Å². The number of aromatic nitrogens is 2. The van der Waals surface area contributed by atoms with E-state index in [1.165, 1.54) is 19.2 Å². The highest BCUT2D eigenvalue weighted by atomic mass is 19.1. The van der Waals surface area contributed by atoms with Gasteiger partial charge in [0.1, 0.15) is 17.2 Å². The number of nitrogens with zero attached hydrogens (tertiary/aromatic N) is 1. The van der Waals surface area contributed by atoms with E-state index in [9.17, 15) is 4.39 Å². The van der Waals surface area contributed by atoms with E-state index in [0.29, 0.717) is 12.3 Å². The molecule has 0 aliphatic carbocycles. The Hall–Kier alpha value is -2.56. The van der Waals surface area contributed by atoms with Gasteiger partial charge in [-0.25, -0.2) is 9.37 Å². The summed E-state index contributed by atoms with van der Waals surface area (Å²) in [7, 11) is 1.52. The molecule has 0 aliphatic heterocycles. The molecule has 2 heterocycles. The molecule has 2 aromatic heterocycles. The van der Waals surface area contributed by atoms with Gasteiger partial charge in [0.05, 0.1) is 12.8 Å². The third-order valence-corrected chi connectivity index (χ3v) is 3.17. The van der Waals surface area contributed by atoms with E-state index < -0.39 is 0 Å². The van der Waals surface area contributed by atoms with Crippen LogP contribution in [0.2, 0.25) is 0 Å². The molecule has 0 amide bonds. The molecule has 4 nitrogen and oxygen atoms in total. The second kappa shape index (κ2) is 5.21. The maximum atomic E-state index is 13.1. The summed E-state index contributed by atoms with van der Waals surface area (Å²) in [4.78, 5) is 7.36. The number of rotatable bonds is 4. The average molecular weight is 271 g/mol. The minimum atomic E-state index is -0.316. The van der Waals surface area contributed by atoms with E-state index in [1.54, 1.807) is 12.3 Å². The lowest BCUT2D eigenvalue weighted by Crippen LogP contribution is -2.01. The summed E-state index contributed by atoms with van der Waals surface area (Å²) in [5.41, 5.74) is 2.71. The first-order chi connectivity index (χ1) is 9.78. The van der Waals surface area contributed by atoms with Crippen molar-refractivity contribution in [2.75, 3.05) is 12.4 Å². The summed E-state index contributed by atoms with van der Waals surface area (Å²) >= 11 is 0. The van der Waals surface area contributed by atoms with Gasteiger partial charge in [0.15, 0.2) is 0 Å². The smallest absolute Gasteiger partial charge is 0.144 e. The summed E-state index contributed by atoms with van der Waals surface area (Å²) in [6.45, 7) is 0.605. The molecule has 0 aliphatic rings. The first kappa shape index (κ1) is 12.5. The Labute approximate surface area is 115 Å². The summed E-state index contributed by atoms with van der Waals surface area (Å²) in [5.74, 6) is 0.173. The molecule has 0 spiro atoms. The molecule has 1 aromatic carbocycles. The Morgan fingerprint density at radius 2 is 2.25 bits per heavy atom. The van der Waals surface area contributed by atoms with Gasteiger partial charge in [-0.1, -0.05) is 0 Å². The molecule has 0 saturated carbocycles. The lowest BCUT2D eigenvalue weighted by atomic mass is 10.2. The number of aromatic amines is 1. The summed E-state index contributed by atoms with van der Waals surface area (Å²) < 4.78 is 18.3. The number of benzene rings is 1. The highest BCUT2D eigenvalue weighted by Crippen LogP contribution is 2.26. The van der Waals surface area contributed by atoms with Crippen molar-refractivity contribution in [3.63, 3.8) is 0 Å². The van der Waals surface area contributed by atoms with E-state index in [1.807, 2.05) is 18.3 Å². The monoisotopic (exact) mass is 271 g/mol. The normalized spacial score (nSPS) is 10.7. The van der Waals surface area contributed by atoms with E-state index in [2.05, 4.69) is 15.3 Å². The number of nitrogens with one attached hydrogen (secondary N) is 2. The standard InChI is InChI=1S/C15H14FN3O/c1-20-14-7-11(16)4-5-13(14)18-8-10-9-19-15-12(10)3-2-6-17-15/h2-7,9,18H,8H2,1H3,(H,17,19). The summed E-state index contributed by atoms with van der Waals surface area (Å²) in [5, 5.41) is 4.32. The van der Waals surface area contributed by atoms with Gasteiger partial charge in [0.2, 0.25) is 0 Å². The molecular weight excluding hydrogens is 257 g/mol. The molecule has 0 radical (unpaired) electrons. The highest BCUT2D eigenvalue weighted by Gasteiger charge is 2.07. The van der Waals surface area contributed by atoms with Crippen LogP contribution >= 0.6 is 0 Å². The summed E-state index contributed by atoms with van der Waals surface area (Å²) in [6, 6.07) is 8.35. The lowest BCUT2D eigenvalue weighted by Gasteiger charge is -2.10. The Morgan fingerprint density at radius 1 is 1.35 bits per heavy atom. The van der Waals surface area contributed by atoms with Gasteiger partial charge in [-0.05, 0) is 29.8 Å². The second-order valence-electron chi connectivity index (χ2n) is 4.41. The van der Waals surface area contributed by atoms with E-state index >= 15 is 0 Å². The molecule has 0 bridgehead atoms. The van der Waals surface area contributed by atoms with Gasteiger partial charge in [-0.2, -0.15) is 0 Å². The zero-order valence-corrected chi connectivity index (χ0v) is 11.0. The first-order valence-corrected chi connectivity index (χ1v) is 6.26. The van der Waals surface area contributed by atoms with Crippen molar-refractivity contribution in [1.29, 1.82) is 0 Å². The van der Waals surface area contributed by atoms with Gasteiger partial charge in [0.25, 0.3) is 0 Å². The molecule has 102 valence electrons. The summed E-state index contributed by atoms with van der Waals surface area (Å²) in [6.07, 6.45) is 3.67. The number of H-pyrrole nitrogens is 1. The van der Waals surface area contributed by atoms with E-state index in [0.717, 1.165) is 22.3 Å². The molecule has 0 fully saturated rings. The van der Waals surface area contributed by atoms with Gasteiger partial charge < -0.3 is 15.0 Å². The van der Waals surface area contributed by atoms with Crippen LogP contribution in [-0.4, -0.2) is 17.1 Å².